The Morgan fingerprint density at radius 3 is 2.96 bits per heavy atom. The number of carbonyl (C=O) groups is 1. The molecule has 3 heterocycles. The average Bonchev–Trinajstić information content (AvgIpc) is 3.31. The van der Waals surface area contributed by atoms with E-state index in [9.17, 15) is 4.79 Å². The van der Waals surface area contributed by atoms with Gasteiger partial charge in [-0.15, -0.1) is 16.8 Å². The van der Waals surface area contributed by atoms with E-state index in [0.717, 1.165) is 10.6 Å². The van der Waals surface area contributed by atoms with Crippen LogP contribution in [0, 0.1) is 6.92 Å². The molecule has 2 aliphatic heterocycles. The largest absolute Gasteiger partial charge is 0.454 e. The number of aryl methyl sites for hydroxylation is 1. The molecule has 0 N–H and O–H groups in total. The van der Waals surface area contributed by atoms with Gasteiger partial charge in [0.15, 0.2) is 16.7 Å². The number of fused-ring (bicyclic) bond motifs is 1. The standard InChI is InChI=1S/C17H14N4O3S2/c1-3-6-21-15(22)14(26-17(21)18-16-20-19-10(2)25-16)8-11-4-5-12-13(7-11)24-9-23-12/h3-5,7-8H,1,6,9H2,2H3/b14-8-,18-17+. The molecule has 26 heavy (non-hydrogen) atoms. The highest BCUT2D eigenvalue weighted by molar-refractivity contribution is 8.18. The molecule has 2 aromatic rings. The first kappa shape index (κ1) is 16.8. The lowest BCUT2D eigenvalue weighted by atomic mass is 10.2. The van der Waals surface area contributed by atoms with Crippen molar-refractivity contribution in [3.8, 4) is 11.5 Å². The van der Waals surface area contributed by atoms with E-state index in [1.165, 1.54) is 23.1 Å². The van der Waals surface area contributed by atoms with Crippen LogP contribution in [0.15, 0.2) is 40.8 Å². The molecule has 1 aromatic heterocycles. The van der Waals surface area contributed by atoms with E-state index >= 15 is 0 Å². The SMILES string of the molecule is C=CCN1C(=O)/C(=C/c2ccc3c(c2)OCO3)S/C1=N/c1nnc(C)s1. The average molecular weight is 386 g/mol. The van der Waals surface area contributed by atoms with Crippen LogP contribution in [0.25, 0.3) is 6.08 Å². The molecule has 0 bridgehead atoms. The zero-order chi connectivity index (χ0) is 18.1. The highest BCUT2D eigenvalue weighted by Crippen LogP contribution is 2.37. The number of thioether (sulfide) groups is 1. The van der Waals surface area contributed by atoms with Gasteiger partial charge in [-0.2, -0.15) is 4.99 Å². The van der Waals surface area contributed by atoms with Crippen LogP contribution in [0.1, 0.15) is 10.6 Å². The van der Waals surface area contributed by atoms with Crippen molar-refractivity contribution in [1.29, 1.82) is 0 Å². The smallest absolute Gasteiger partial charge is 0.267 e. The second-order valence-corrected chi connectivity index (χ2v) is 7.60. The van der Waals surface area contributed by atoms with Gasteiger partial charge < -0.3 is 9.47 Å². The fourth-order valence-electron chi connectivity index (χ4n) is 2.45. The molecule has 0 atom stereocenters. The van der Waals surface area contributed by atoms with Gasteiger partial charge in [-0.1, -0.05) is 23.5 Å². The van der Waals surface area contributed by atoms with E-state index in [4.69, 9.17) is 9.47 Å². The summed E-state index contributed by atoms with van der Waals surface area (Å²) in [7, 11) is 0. The highest BCUT2D eigenvalue weighted by Gasteiger charge is 2.33. The Labute approximate surface area is 158 Å². The lowest BCUT2D eigenvalue weighted by molar-refractivity contribution is -0.121. The maximum atomic E-state index is 12.8. The first-order chi connectivity index (χ1) is 12.6. The van der Waals surface area contributed by atoms with Crippen molar-refractivity contribution in [2.75, 3.05) is 13.3 Å². The fraction of sp³-hybridized carbons (Fsp3) is 0.176. The molecule has 132 valence electrons. The zero-order valence-corrected chi connectivity index (χ0v) is 15.5. The van der Waals surface area contributed by atoms with E-state index in [-0.39, 0.29) is 12.7 Å². The van der Waals surface area contributed by atoms with Gasteiger partial charge in [0.2, 0.25) is 11.9 Å². The van der Waals surface area contributed by atoms with Gasteiger partial charge in [0.05, 0.1) is 4.91 Å². The van der Waals surface area contributed by atoms with Gasteiger partial charge in [-0.25, -0.2) is 0 Å². The van der Waals surface area contributed by atoms with Gasteiger partial charge in [-0.3, -0.25) is 9.69 Å². The number of nitrogens with zero attached hydrogens (tertiary/aromatic N) is 4. The minimum absolute atomic E-state index is 0.118. The molecule has 1 saturated heterocycles. The third kappa shape index (κ3) is 3.23. The number of aromatic nitrogens is 2. The summed E-state index contributed by atoms with van der Waals surface area (Å²) in [5.74, 6) is 1.27. The van der Waals surface area contributed by atoms with Gasteiger partial charge in [0.25, 0.3) is 5.91 Å². The summed E-state index contributed by atoms with van der Waals surface area (Å²) in [6.07, 6.45) is 3.49. The molecule has 1 amide bonds. The highest BCUT2D eigenvalue weighted by atomic mass is 32.2. The molecule has 7 nitrogen and oxygen atoms in total. The Hall–Kier alpha value is -2.65. The number of amidine groups is 1. The molecule has 0 unspecified atom stereocenters. The summed E-state index contributed by atoms with van der Waals surface area (Å²) in [6.45, 7) is 6.17. The Balaban J connectivity index is 1.66. The third-order valence-corrected chi connectivity index (χ3v) is 5.34. The van der Waals surface area contributed by atoms with E-state index in [1.54, 1.807) is 11.0 Å². The van der Waals surface area contributed by atoms with Crippen LogP contribution < -0.4 is 9.47 Å². The number of benzene rings is 1. The number of amides is 1. The third-order valence-electron chi connectivity index (χ3n) is 3.60. The quantitative estimate of drug-likeness (QED) is 0.592. The molecule has 1 aromatic carbocycles. The number of hydrogen-bond acceptors (Lipinski definition) is 8. The summed E-state index contributed by atoms with van der Waals surface area (Å²) in [4.78, 5) is 19.4. The second-order valence-electron chi connectivity index (χ2n) is 5.43. The van der Waals surface area contributed by atoms with Crippen molar-refractivity contribution in [3.05, 3.63) is 46.3 Å². The summed E-state index contributed by atoms with van der Waals surface area (Å²) >= 11 is 2.68. The van der Waals surface area contributed by atoms with Crippen LogP contribution in [0.3, 0.4) is 0 Å². The van der Waals surface area contributed by atoms with E-state index in [0.29, 0.717) is 33.2 Å². The van der Waals surface area contributed by atoms with E-state index < -0.39 is 0 Å². The number of ether oxygens (including phenoxy) is 2. The molecular weight excluding hydrogens is 372 g/mol. The van der Waals surface area contributed by atoms with Crippen LogP contribution in [0.4, 0.5) is 5.13 Å². The Kier molecular flexibility index (Phi) is 4.48. The summed E-state index contributed by atoms with van der Waals surface area (Å²) in [5.41, 5.74) is 0.858. The van der Waals surface area contributed by atoms with Crippen LogP contribution in [0.5, 0.6) is 11.5 Å². The molecule has 4 rings (SSSR count). The molecule has 0 saturated carbocycles. The van der Waals surface area contributed by atoms with E-state index in [2.05, 4.69) is 21.8 Å². The second kappa shape index (κ2) is 6.93. The molecule has 0 radical (unpaired) electrons. The predicted octanol–water partition coefficient (Wildman–Crippen LogP) is 3.37. The van der Waals surface area contributed by atoms with Crippen molar-refractivity contribution in [1.82, 2.24) is 15.1 Å². The Morgan fingerprint density at radius 2 is 2.19 bits per heavy atom. The Bertz CT molecular complexity index is 951. The number of aliphatic imine (C=N–C) groups is 1. The van der Waals surface area contributed by atoms with Crippen LogP contribution in [0.2, 0.25) is 0 Å². The Morgan fingerprint density at radius 1 is 1.35 bits per heavy atom. The van der Waals surface area contributed by atoms with Crippen LogP contribution in [-0.4, -0.2) is 39.5 Å². The minimum Gasteiger partial charge on any atom is -0.454 e. The van der Waals surface area contributed by atoms with Crippen molar-refractivity contribution in [3.63, 3.8) is 0 Å². The maximum absolute atomic E-state index is 12.8. The van der Waals surface area contributed by atoms with Crippen molar-refractivity contribution in [2.24, 2.45) is 4.99 Å². The number of hydrogen-bond donors (Lipinski definition) is 0. The van der Waals surface area contributed by atoms with Crippen LogP contribution >= 0.6 is 23.1 Å². The number of rotatable bonds is 4. The lowest BCUT2D eigenvalue weighted by Crippen LogP contribution is -2.29. The molecule has 1 fully saturated rings. The number of carbonyl (C=O) groups excluding carboxylic acids is 1. The predicted molar refractivity (Wildman–Crippen MR) is 102 cm³/mol. The zero-order valence-electron chi connectivity index (χ0n) is 13.8. The van der Waals surface area contributed by atoms with Gasteiger partial charge >= 0.3 is 0 Å². The first-order valence-corrected chi connectivity index (χ1v) is 9.38. The monoisotopic (exact) mass is 386 g/mol. The lowest BCUT2D eigenvalue weighted by Gasteiger charge is -2.11. The van der Waals surface area contributed by atoms with Crippen LogP contribution in [-0.2, 0) is 4.79 Å². The molecule has 0 aliphatic carbocycles. The molecular formula is C17H14N4O3S2. The van der Waals surface area contributed by atoms with Crippen molar-refractivity contribution >= 4 is 45.4 Å². The normalized spacial score (nSPS) is 19.0. The summed E-state index contributed by atoms with van der Waals surface area (Å²) < 4.78 is 10.7. The van der Waals surface area contributed by atoms with Gasteiger partial charge in [-0.05, 0) is 42.5 Å². The minimum atomic E-state index is -0.118. The molecule has 0 spiro atoms. The molecule has 2 aliphatic rings. The first-order valence-electron chi connectivity index (χ1n) is 7.75. The topological polar surface area (TPSA) is 76.9 Å². The van der Waals surface area contributed by atoms with Crippen molar-refractivity contribution < 1.29 is 14.3 Å². The fourth-order valence-corrected chi connectivity index (χ4v) is 4.06. The van der Waals surface area contributed by atoms with Gasteiger partial charge in [0, 0.05) is 6.54 Å². The van der Waals surface area contributed by atoms with E-state index in [1.807, 2.05) is 31.2 Å². The van der Waals surface area contributed by atoms with Gasteiger partial charge in [0.1, 0.15) is 5.01 Å². The summed E-state index contributed by atoms with van der Waals surface area (Å²) in [5, 5.41) is 9.87. The van der Waals surface area contributed by atoms with Crippen molar-refractivity contribution in [2.45, 2.75) is 6.92 Å². The summed E-state index contributed by atoms with van der Waals surface area (Å²) in [6, 6.07) is 5.57. The maximum Gasteiger partial charge on any atom is 0.267 e. The molecule has 9 heteroatoms.